The molecule has 0 aliphatic carbocycles. The van der Waals surface area contributed by atoms with Crippen LogP contribution in [-0.4, -0.2) is 40.2 Å². The van der Waals surface area contributed by atoms with Gasteiger partial charge in [-0.15, -0.1) is 0 Å². The van der Waals surface area contributed by atoms with Gasteiger partial charge in [-0.05, 0) is 48.7 Å². The minimum atomic E-state index is 0.412. The van der Waals surface area contributed by atoms with Gasteiger partial charge < -0.3 is 14.4 Å². The molecule has 3 aromatic heterocycles. The molecule has 29 heavy (non-hydrogen) atoms. The van der Waals surface area contributed by atoms with Gasteiger partial charge in [-0.25, -0.2) is 0 Å². The van der Waals surface area contributed by atoms with Gasteiger partial charge in [0, 0.05) is 74.3 Å². The fourth-order valence-electron chi connectivity index (χ4n) is 4.38. The van der Waals surface area contributed by atoms with Crippen molar-refractivity contribution in [3.63, 3.8) is 0 Å². The fourth-order valence-corrected chi connectivity index (χ4v) is 4.38. The van der Waals surface area contributed by atoms with E-state index in [9.17, 15) is 0 Å². The predicted molar refractivity (Wildman–Crippen MR) is 119 cm³/mol. The number of rotatable bonds is 3. The molecule has 1 aromatic carbocycles. The Morgan fingerprint density at radius 3 is 2.66 bits per heavy atom. The number of pyridine rings is 2. The van der Waals surface area contributed by atoms with Crippen molar-refractivity contribution in [1.82, 2.24) is 14.5 Å². The molecule has 1 aliphatic rings. The molecule has 0 radical (unpaired) electrons. The maximum Gasteiger partial charge on any atom is 0.0936 e. The van der Waals surface area contributed by atoms with Crippen molar-refractivity contribution >= 4 is 22.3 Å². The molecule has 0 bridgehead atoms. The second-order valence-electron chi connectivity index (χ2n) is 7.77. The van der Waals surface area contributed by atoms with Gasteiger partial charge in [-0.1, -0.05) is 12.1 Å². The van der Waals surface area contributed by atoms with Crippen LogP contribution in [0.15, 0.2) is 73.3 Å². The lowest BCUT2D eigenvalue weighted by molar-refractivity contribution is 0.550. The van der Waals surface area contributed by atoms with Crippen LogP contribution in [-0.2, 0) is 7.05 Å². The monoisotopic (exact) mass is 383 g/mol. The lowest BCUT2D eigenvalue weighted by Gasteiger charge is -2.42. The molecule has 5 rings (SSSR count). The third-order valence-corrected chi connectivity index (χ3v) is 5.91. The number of nitrogens with zero attached hydrogens (tertiary/aromatic N) is 5. The van der Waals surface area contributed by atoms with Crippen LogP contribution in [0.2, 0.25) is 0 Å². The van der Waals surface area contributed by atoms with Crippen LogP contribution in [0.1, 0.15) is 6.92 Å². The van der Waals surface area contributed by atoms with E-state index in [0.29, 0.717) is 6.04 Å². The van der Waals surface area contributed by atoms with Gasteiger partial charge in [0.15, 0.2) is 0 Å². The number of aryl methyl sites for hydroxylation is 1. The summed E-state index contributed by atoms with van der Waals surface area (Å²) in [6.07, 6.45) is 7.74. The van der Waals surface area contributed by atoms with Crippen LogP contribution in [0.3, 0.4) is 0 Å². The molecule has 146 valence electrons. The van der Waals surface area contributed by atoms with E-state index in [1.165, 1.54) is 27.8 Å². The van der Waals surface area contributed by atoms with Gasteiger partial charge in [0.25, 0.3) is 0 Å². The molecule has 5 heteroatoms. The second-order valence-corrected chi connectivity index (χ2v) is 7.77. The van der Waals surface area contributed by atoms with Crippen molar-refractivity contribution in [3.8, 4) is 11.3 Å². The number of fused-ring (bicyclic) bond motifs is 1. The van der Waals surface area contributed by atoms with E-state index in [2.05, 4.69) is 82.0 Å². The maximum atomic E-state index is 4.77. The Kier molecular flexibility index (Phi) is 4.43. The topological polar surface area (TPSA) is 37.2 Å². The highest BCUT2D eigenvalue weighted by molar-refractivity contribution is 5.87. The average Bonchev–Trinajstić information content (AvgIpc) is 3.14. The Labute approximate surface area is 171 Å². The quantitative estimate of drug-likeness (QED) is 0.527. The van der Waals surface area contributed by atoms with Crippen LogP contribution in [0.25, 0.3) is 22.2 Å². The van der Waals surface area contributed by atoms with Gasteiger partial charge >= 0.3 is 0 Å². The third-order valence-electron chi connectivity index (χ3n) is 5.91. The van der Waals surface area contributed by atoms with E-state index >= 15 is 0 Å². The van der Waals surface area contributed by atoms with Gasteiger partial charge in [-0.3, -0.25) is 9.97 Å². The van der Waals surface area contributed by atoms with Crippen LogP contribution < -0.4 is 9.80 Å². The molecular weight excluding hydrogens is 358 g/mol. The number of aromatic nitrogens is 3. The largest absolute Gasteiger partial charge is 0.366 e. The first-order chi connectivity index (χ1) is 14.2. The molecule has 5 nitrogen and oxygen atoms in total. The summed E-state index contributed by atoms with van der Waals surface area (Å²) in [5.74, 6) is 0. The van der Waals surface area contributed by atoms with Crippen molar-refractivity contribution in [3.05, 3.63) is 73.3 Å². The normalized spacial score (nSPS) is 17.1. The number of benzene rings is 1. The van der Waals surface area contributed by atoms with Gasteiger partial charge in [0.2, 0.25) is 0 Å². The van der Waals surface area contributed by atoms with Crippen LogP contribution in [0, 0.1) is 0 Å². The fraction of sp³-hybridized carbons (Fsp3) is 0.250. The summed E-state index contributed by atoms with van der Waals surface area (Å²) in [6, 6.07) is 17.6. The SMILES string of the molecule is CC1CN(c2cccnc2-c2ccc3ccn(C)c3c2)CCN1c1ccncc1. The summed E-state index contributed by atoms with van der Waals surface area (Å²) in [7, 11) is 2.09. The lowest BCUT2D eigenvalue weighted by atomic mass is 10.1. The zero-order chi connectivity index (χ0) is 19.8. The molecule has 0 spiro atoms. The zero-order valence-electron chi connectivity index (χ0n) is 16.9. The van der Waals surface area contributed by atoms with E-state index < -0.39 is 0 Å². The average molecular weight is 383 g/mol. The minimum absolute atomic E-state index is 0.412. The minimum Gasteiger partial charge on any atom is -0.366 e. The summed E-state index contributed by atoms with van der Waals surface area (Å²) >= 11 is 0. The highest BCUT2D eigenvalue weighted by Gasteiger charge is 2.26. The molecule has 0 saturated carbocycles. The molecule has 1 unspecified atom stereocenters. The highest BCUT2D eigenvalue weighted by Crippen LogP contribution is 2.33. The van der Waals surface area contributed by atoms with E-state index in [0.717, 1.165) is 25.3 Å². The van der Waals surface area contributed by atoms with Crippen LogP contribution in [0.5, 0.6) is 0 Å². The summed E-state index contributed by atoms with van der Waals surface area (Å²) in [4.78, 5) is 13.9. The molecule has 0 N–H and O–H groups in total. The van der Waals surface area contributed by atoms with Crippen molar-refractivity contribution in [1.29, 1.82) is 0 Å². The molecule has 0 amide bonds. The van der Waals surface area contributed by atoms with E-state index in [1.807, 2.05) is 24.7 Å². The number of anilines is 2. The first kappa shape index (κ1) is 17.7. The van der Waals surface area contributed by atoms with Crippen molar-refractivity contribution < 1.29 is 0 Å². The Morgan fingerprint density at radius 2 is 1.83 bits per heavy atom. The summed E-state index contributed by atoms with van der Waals surface area (Å²) in [6.45, 7) is 5.21. The van der Waals surface area contributed by atoms with E-state index in [-0.39, 0.29) is 0 Å². The van der Waals surface area contributed by atoms with E-state index in [1.54, 1.807) is 0 Å². The Bertz CT molecular complexity index is 1130. The third kappa shape index (κ3) is 3.23. The highest BCUT2D eigenvalue weighted by atomic mass is 15.3. The second kappa shape index (κ2) is 7.24. The van der Waals surface area contributed by atoms with Crippen LogP contribution >= 0.6 is 0 Å². The van der Waals surface area contributed by atoms with Crippen molar-refractivity contribution in [2.45, 2.75) is 13.0 Å². The van der Waals surface area contributed by atoms with Crippen molar-refractivity contribution in [2.75, 3.05) is 29.4 Å². The van der Waals surface area contributed by atoms with Gasteiger partial charge in [0.05, 0.1) is 11.4 Å². The molecule has 1 aliphatic heterocycles. The number of hydrogen-bond donors (Lipinski definition) is 0. The molecule has 4 aromatic rings. The summed E-state index contributed by atoms with van der Waals surface area (Å²) in [5.41, 5.74) is 5.91. The molecular formula is C24H25N5. The Balaban J connectivity index is 1.46. The standard InChI is InChI=1S/C24H25N5/c1-18-17-28(14-15-29(18)21-7-11-25-12-8-21)22-4-3-10-26-24(22)20-6-5-19-9-13-27(2)23(19)16-20/h3-13,16,18H,14-15,17H2,1-2H3. The van der Waals surface area contributed by atoms with E-state index in [4.69, 9.17) is 4.98 Å². The molecule has 1 saturated heterocycles. The summed E-state index contributed by atoms with van der Waals surface area (Å²) < 4.78 is 2.16. The summed E-state index contributed by atoms with van der Waals surface area (Å²) in [5, 5.41) is 1.26. The molecule has 1 atom stereocenters. The molecule has 4 heterocycles. The van der Waals surface area contributed by atoms with Gasteiger partial charge in [0.1, 0.15) is 0 Å². The van der Waals surface area contributed by atoms with Crippen molar-refractivity contribution in [2.24, 2.45) is 7.05 Å². The molecule has 1 fully saturated rings. The zero-order valence-corrected chi connectivity index (χ0v) is 16.9. The first-order valence-corrected chi connectivity index (χ1v) is 10.1. The number of piperazine rings is 1. The number of hydrogen-bond acceptors (Lipinski definition) is 4. The Morgan fingerprint density at radius 1 is 0.966 bits per heavy atom. The smallest absolute Gasteiger partial charge is 0.0936 e. The lowest BCUT2D eigenvalue weighted by Crippen LogP contribution is -2.52. The maximum absolute atomic E-state index is 4.77. The van der Waals surface area contributed by atoms with Gasteiger partial charge in [-0.2, -0.15) is 0 Å². The van der Waals surface area contributed by atoms with Crippen LogP contribution in [0.4, 0.5) is 11.4 Å². The Hall–Kier alpha value is -3.34. The first-order valence-electron chi connectivity index (χ1n) is 10.1. The predicted octanol–water partition coefficient (Wildman–Crippen LogP) is 4.35.